The average molecular weight is 382 g/mol. The summed E-state index contributed by atoms with van der Waals surface area (Å²) in [4.78, 5) is 17.1. The van der Waals surface area contributed by atoms with E-state index in [1.54, 1.807) is 12.1 Å². The first kappa shape index (κ1) is 16.8. The minimum Gasteiger partial charge on any atom is -0.267 e. The van der Waals surface area contributed by atoms with Gasteiger partial charge >= 0.3 is 0 Å². The van der Waals surface area contributed by atoms with Gasteiger partial charge < -0.3 is 0 Å². The molecule has 26 heavy (non-hydrogen) atoms. The third-order valence-corrected chi connectivity index (χ3v) is 4.67. The molecule has 0 saturated carbocycles. The van der Waals surface area contributed by atoms with Crippen molar-refractivity contribution in [3.8, 4) is 22.4 Å². The Balaban J connectivity index is 1.96. The Morgan fingerprint density at radius 2 is 1.69 bits per heavy atom. The molecule has 0 aliphatic heterocycles. The van der Waals surface area contributed by atoms with E-state index in [1.165, 1.54) is 10.6 Å². The highest BCUT2D eigenvalue weighted by atomic mass is 35.5. The van der Waals surface area contributed by atoms with Crippen molar-refractivity contribution in [1.29, 1.82) is 0 Å². The molecule has 0 aliphatic rings. The van der Waals surface area contributed by atoms with Gasteiger partial charge in [0, 0.05) is 32.8 Å². The van der Waals surface area contributed by atoms with Crippen LogP contribution in [0.5, 0.6) is 0 Å². The van der Waals surface area contributed by atoms with Gasteiger partial charge in [0.1, 0.15) is 0 Å². The smallest absolute Gasteiger partial charge is 0.267 e. The number of aryl methyl sites for hydroxylation is 1. The molecule has 0 atom stereocenters. The molecule has 4 rings (SSSR count). The highest BCUT2D eigenvalue weighted by Gasteiger charge is 2.13. The maximum Gasteiger partial charge on any atom is 0.275 e. The fourth-order valence-corrected chi connectivity index (χ4v) is 3.37. The Labute approximate surface area is 159 Å². The van der Waals surface area contributed by atoms with E-state index in [9.17, 15) is 4.79 Å². The molecule has 6 heteroatoms. The SMILES string of the molecule is Cc1nn2c(=O)cc(-c3ccccc3)nc2cc1-c1ccc(Cl)cc1Cl. The summed E-state index contributed by atoms with van der Waals surface area (Å²) in [5.41, 5.74) is 3.99. The van der Waals surface area contributed by atoms with E-state index in [0.29, 0.717) is 27.1 Å². The number of hydrogen-bond acceptors (Lipinski definition) is 3. The maximum absolute atomic E-state index is 12.5. The van der Waals surface area contributed by atoms with Crippen LogP contribution >= 0.6 is 23.2 Å². The second-order valence-corrected chi connectivity index (χ2v) is 6.73. The van der Waals surface area contributed by atoms with Gasteiger partial charge in [0.05, 0.1) is 11.4 Å². The van der Waals surface area contributed by atoms with Crippen LogP contribution in [0.3, 0.4) is 0 Å². The first-order valence-electron chi connectivity index (χ1n) is 7.95. The van der Waals surface area contributed by atoms with Gasteiger partial charge in [0.15, 0.2) is 5.65 Å². The molecule has 4 nitrogen and oxygen atoms in total. The second kappa shape index (κ2) is 6.56. The summed E-state index contributed by atoms with van der Waals surface area (Å²) in [5, 5.41) is 5.48. The van der Waals surface area contributed by atoms with Crippen LogP contribution in [-0.4, -0.2) is 14.6 Å². The third kappa shape index (κ3) is 2.98. The van der Waals surface area contributed by atoms with Crippen LogP contribution in [0.4, 0.5) is 0 Å². The number of aromatic nitrogens is 3. The summed E-state index contributed by atoms with van der Waals surface area (Å²) in [7, 11) is 0. The van der Waals surface area contributed by atoms with Gasteiger partial charge in [0.25, 0.3) is 5.56 Å². The Morgan fingerprint density at radius 1 is 0.923 bits per heavy atom. The summed E-state index contributed by atoms with van der Waals surface area (Å²) in [6, 6.07) is 18.2. The van der Waals surface area contributed by atoms with E-state index in [4.69, 9.17) is 23.2 Å². The predicted molar refractivity (Wildman–Crippen MR) is 105 cm³/mol. The first-order chi connectivity index (χ1) is 12.5. The van der Waals surface area contributed by atoms with Crippen molar-refractivity contribution >= 4 is 28.8 Å². The monoisotopic (exact) mass is 381 g/mol. The topological polar surface area (TPSA) is 47.3 Å². The summed E-state index contributed by atoms with van der Waals surface area (Å²) in [6.07, 6.45) is 0. The second-order valence-electron chi connectivity index (χ2n) is 5.88. The first-order valence-corrected chi connectivity index (χ1v) is 8.71. The van der Waals surface area contributed by atoms with Gasteiger partial charge in [-0.3, -0.25) is 4.79 Å². The summed E-state index contributed by atoms with van der Waals surface area (Å²) in [5.74, 6) is 0. The molecule has 0 spiro atoms. The fourth-order valence-electron chi connectivity index (χ4n) is 2.86. The van der Waals surface area contributed by atoms with Gasteiger partial charge in [-0.1, -0.05) is 59.6 Å². The Kier molecular flexibility index (Phi) is 4.23. The lowest BCUT2D eigenvalue weighted by molar-refractivity contribution is 0.845. The van der Waals surface area contributed by atoms with Crippen LogP contribution < -0.4 is 5.56 Å². The number of halogens is 2. The van der Waals surface area contributed by atoms with Gasteiger partial charge in [-0.15, -0.1) is 0 Å². The molecule has 0 amide bonds. The lowest BCUT2D eigenvalue weighted by Crippen LogP contribution is -2.18. The number of nitrogens with zero attached hydrogens (tertiary/aromatic N) is 3. The Morgan fingerprint density at radius 3 is 2.42 bits per heavy atom. The standard InChI is InChI=1S/C20H13Cl2N3O/c1-12-16(15-8-7-14(21)9-17(15)22)10-19-23-18(11-20(26)25(19)24-12)13-5-3-2-4-6-13/h2-11H,1H3. The van der Waals surface area contributed by atoms with E-state index >= 15 is 0 Å². The lowest BCUT2D eigenvalue weighted by atomic mass is 10.1. The molecule has 0 unspecified atom stereocenters. The van der Waals surface area contributed by atoms with Crippen LogP contribution in [0.15, 0.2) is 65.5 Å². The van der Waals surface area contributed by atoms with Crippen molar-refractivity contribution in [2.45, 2.75) is 6.92 Å². The highest BCUT2D eigenvalue weighted by molar-refractivity contribution is 6.36. The van der Waals surface area contributed by atoms with Crippen molar-refractivity contribution in [3.63, 3.8) is 0 Å². The molecule has 0 fully saturated rings. The van der Waals surface area contributed by atoms with E-state index in [0.717, 1.165) is 16.7 Å². The van der Waals surface area contributed by atoms with E-state index in [-0.39, 0.29) is 5.56 Å². The zero-order valence-electron chi connectivity index (χ0n) is 13.8. The summed E-state index contributed by atoms with van der Waals surface area (Å²) >= 11 is 12.3. The fraction of sp³-hybridized carbons (Fsp3) is 0.0500. The van der Waals surface area contributed by atoms with E-state index in [2.05, 4.69) is 10.1 Å². The molecular formula is C20H13Cl2N3O. The zero-order valence-corrected chi connectivity index (χ0v) is 15.3. The molecular weight excluding hydrogens is 369 g/mol. The number of hydrogen-bond donors (Lipinski definition) is 0. The van der Waals surface area contributed by atoms with E-state index < -0.39 is 0 Å². The lowest BCUT2D eigenvalue weighted by Gasteiger charge is -2.11. The Bertz CT molecular complexity index is 1190. The molecule has 0 aliphatic carbocycles. The van der Waals surface area contributed by atoms with E-state index in [1.807, 2.05) is 49.4 Å². The quantitative estimate of drug-likeness (QED) is 0.488. The molecule has 4 aromatic rings. The number of fused-ring (bicyclic) bond motifs is 1. The van der Waals surface area contributed by atoms with Gasteiger partial charge in [0.2, 0.25) is 0 Å². The summed E-state index contributed by atoms with van der Waals surface area (Å²) < 4.78 is 1.30. The number of rotatable bonds is 2. The van der Waals surface area contributed by atoms with Crippen LogP contribution in [0, 0.1) is 6.92 Å². The van der Waals surface area contributed by atoms with Crippen LogP contribution in [0.25, 0.3) is 28.0 Å². The third-order valence-electron chi connectivity index (χ3n) is 4.13. The van der Waals surface area contributed by atoms with Crippen LogP contribution in [0.1, 0.15) is 5.69 Å². The molecule has 0 bridgehead atoms. The normalized spacial score (nSPS) is 11.0. The molecule has 128 valence electrons. The predicted octanol–water partition coefficient (Wildman–Crippen LogP) is 5.04. The van der Waals surface area contributed by atoms with Gasteiger partial charge in [-0.2, -0.15) is 9.61 Å². The summed E-state index contributed by atoms with van der Waals surface area (Å²) in [6.45, 7) is 1.83. The van der Waals surface area contributed by atoms with Gasteiger partial charge in [-0.05, 0) is 25.1 Å². The average Bonchev–Trinajstić information content (AvgIpc) is 2.63. The maximum atomic E-state index is 12.5. The van der Waals surface area contributed by atoms with Gasteiger partial charge in [-0.25, -0.2) is 4.98 Å². The molecule has 0 saturated heterocycles. The molecule has 0 N–H and O–H groups in total. The number of benzene rings is 2. The zero-order chi connectivity index (χ0) is 18.3. The molecule has 0 radical (unpaired) electrons. The van der Waals surface area contributed by atoms with Crippen molar-refractivity contribution in [3.05, 3.63) is 86.8 Å². The minimum atomic E-state index is -0.231. The molecule has 2 aromatic carbocycles. The largest absolute Gasteiger partial charge is 0.275 e. The Hall–Kier alpha value is -2.69. The van der Waals surface area contributed by atoms with Crippen molar-refractivity contribution in [2.24, 2.45) is 0 Å². The van der Waals surface area contributed by atoms with Crippen LogP contribution in [0.2, 0.25) is 10.0 Å². The van der Waals surface area contributed by atoms with Crippen molar-refractivity contribution in [1.82, 2.24) is 14.6 Å². The van der Waals surface area contributed by atoms with Crippen molar-refractivity contribution < 1.29 is 0 Å². The van der Waals surface area contributed by atoms with Crippen molar-refractivity contribution in [2.75, 3.05) is 0 Å². The molecule has 2 aromatic heterocycles. The minimum absolute atomic E-state index is 0.231. The van der Waals surface area contributed by atoms with Crippen LogP contribution in [-0.2, 0) is 0 Å². The molecule has 2 heterocycles. The highest BCUT2D eigenvalue weighted by Crippen LogP contribution is 2.32.